The van der Waals surface area contributed by atoms with E-state index in [-0.39, 0.29) is 0 Å². The summed E-state index contributed by atoms with van der Waals surface area (Å²) in [7, 11) is 1.57. The molecule has 0 N–H and O–H groups in total. The normalized spacial score (nSPS) is 9.89. The zero-order chi connectivity index (χ0) is 13.0. The van der Waals surface area contributed by atoms with E-state index in [1.54, 1.807) is 43.8 Å². The highest BCUT2D eigenvalue weighted by Gasteiger charge is 2.12. The Morgan fingerprint density at radius 1 is 1.22 bits per heavy atom. The van der Waals surface area contributed by atoms with E-state index in [1.165, 1.54) is 6.92 Å². The van der Waals surface area contributed by atoms with Gasteiger partial charge in [0, 0.05) is 19.3 Å². The number of hydrogen-bond acceptors (Lipinski definition) is 5. The van der Waals surface area contributed by atoms with Gasteiger partial charge < -0.3 is 9.47 Å². The maximum atomic E-state index is 11.1. The Bertz CT molecular complexity index is 555. The maximum Gasteiger partial charge on any atom is 0.308 e. The van der Waals surface area contributed by atoms with Crippen LogP contribution in [0.2, 0.25) is 0 Å². The van der Waals surface area contributed by atoms with Crippen LogP contribution in [-0.2, 0) is 4.79 Å². The molecule has 0 amide bonds. The van der Waals surface area contributed by atoms with Crippen LogP contribution in [0, 0.1) is 0 Å². The van der Waals surface area contributed by atoms with Gasteiger partial charge in [-0.3, -0.25) is 4.79 Å². The third kappa shape index (κ3) is 2.63. The second-order valence-corrected chi connectivity index (χ2v) is 3.53. The van der Waals surface area contributed by atoms with Gasteiger partial charge in [0.15, 0.2) is 5.82 Å². The van der Waals surface area contributed by atoms with E-state index < -0.39 is 5.97 Å². The molecule has 5 heteroatoms. The van der Waals surface area contributed by atoms with Gasteiger partial charge in [0.05, 0.1) is 12.7 Å². The summed E-state index contributed by atoms with van der Waals surface area (Å²) < 4.78 is 10.3. The molecule has 1 heterocycles. The lowest BCUT2D eigenvalue weighted by Gasteiger charge is -2.09. The van der Waals surface area contributed by atoms with Gasteiger partial charge in [0.2, 0.25) is 0 Å². The molecule has 2 rings (SSSR count). The summed E-state index contributed by atoms with van der Waals surface area (Å²) in [6, 6.07) is 6.82. The molecule has 18 heavy (non-hydrogen) atoms. The standard InChI is InChI=1S/C13H12N2O3/c1-9(16)18-12-5-4-10(17-2)8-11(12)13-14-6-3-7-15-13/h3-8H,1-2H3. The van der Waals surface area contributed by atoms with Crippen molar-refractivity contribution in [3.8, 4) is 22.9 Å². The van der Waals surface area contributed by atoms with Crippen LogP contribution in [0.25, 0.3) is 11.4 Å². The van der Waals surface area contributed by atoms with E-state index >= 15 is 0 Å². The third-order valence-corrected chi connectivity index (χ3v) is 2.25. The first-order valence-electron chi connectivity index (χ1n) is 5.34. The van der Waals surface area contributed by atoms with Gasteiger partial charge in [-0.1, -0.05) is 0 Å². The van der Waals surface area contributed by atoms with Crippen LogP contribution in [0.4, 0.5) is 0 Å². The molecule has 0 radical (unpaired) electrons. The van der Waals surface area contributed by atoms with Crippen molar-refractivity contribution in [2.45, 2.75) is 6.92 Å². The van der Waals surface area contributed by atoms with Crippen LogP contribution in [-0.4, -0.2) is 23.0 Å². The minimum absolute atomic E-state index is 0.391. The van der Waals surface area contributed by atoms with Crippen LogP contribution < -0.4 is 9.47 Å². The van der Waals surface area contributed by atoms with Gasteiger partial charge in [-0.2, -0.15) is 0 Å². The minimum Gasteiger partial charge on any atom is -0.497 e. The molecule has 1 aromatic heterocycles. The first-order chi connectivity index (χ1) is 8.70. The maximum absolute atomic E-state index is 11.1. The quantitative estimate of drug-likeness (QED) is 0.611. The summed E-state index contributed by atoms with van der Waals surface area (Å²) >= 11 is 0. The van der Waals surface area contributed by atoms with Crippen molar-refractivity contribution in [2.75, 3.05) is 7.11 Å². The summed E-state index contributed by atoms with van der Waals surface area (Å²) in [5, 5.41) is 0. The van der Waals surface area contributed by atoms with Crippen molar-refractivity contribution in [1.29, 1.82) is 0 Å². The highest BCUT2D eigenvalue weighted by molar-refractivity contribution is 5.74. The van der Waals surface area contributed by atoms with E-state index in [0.29, 0.717) is 22.9 Å². The molecular weight excluding hydrogens is 232 g/mol. The molecule has 0 saturated heterocycles. The first kappa shape index (κ1) is 12.0. The molecule has 0 fully saturated rings. The smallest absolute Gasteiger partial charge is 0.308 e. The number of methoxy groups -OCH3 is 1. The molecule has 0 saturated carbocycles. The van der Waals surface area contributed by atoms with E-state index in [2.05, 4.69) is 9.97 Å². The fourth-order valence-corrected chi connectivity index (χ4v) is 1.49. The molecule has 0 aliphatic heterocycles. The molecule has 0 bridgehead atoms. The van der Waals surface area contributed by atoms with Gasteiger partial charge in [-0.25, -0.2) is 9.97 Å². The SMILES string of the molecule is COc1ccc(OC(C)=O)c(-c2ncccn2)c1. The average Bonchev–Trinajstić information content (AvgIpc) is 2.39. The monoisotopic (exact) mass is 244 g/mol. The Morgan fingerprint density at radius 2 is 1.94 bits per heavy atom. The van der Waals surface area contributed by atoms with Crippen LogP contribution in [0.5, 0.6) is 11.5 Å². The van der Waals surface area contributed by atoms with Crippen molar-refractivity contribution >= 4 is 5.97 Å². The van der Waals surface area contributed by atoms with Crippen LogP contribution >= 0.6 is 0 Å². The average molecular weight is 244 g/mol. The van der Waals surface area contributed by atoms with E-state index in [9.17, 15) is 4.79 Å². The Hall–Kier alpha value is -2.43. The van der Waals surface area contributed by atoms with Crippen molar-refractivity contribution < 1.29 is 14.3 Å². The zero-order valence-electron chi connectivity index (χ0n) is 10.1. The van der Waals surface area contributed by atoms with Gasteiger partial charge in [-0.15, -0.1) is 0 Å². The Morgan fingerprint density at radius 3 is 2.56 bits per heavy atom. The molecule has 0 spiro atoms. The van der Waals surface area contributed by atoms with Gasteiger partial charge in [0.25, 0.3) is 0 Å². The fraction of sp³-hybridized carbons (Fsp3) is 0.154. The van der Waals surface area contributed by atoms with E-state index in [4.69, 9.17) is 9.47 Å². The van der Waals surface area contributed by atoms with E-state index in [0.717, 1.165) is 0 Å². The zero-order valence-corrected chi connectivity index (χ0v) is 10.1. The van der Waals surface area contributed by atoms with Crippen molar-refractivity contribution in [1.82, 2.24) is 9.97 Å². The number of hydrogen-bond donors (Lipinski definition) is 0. The summed E-state index contributed by atoms with van der Waals surface area (Å²) in [6.07, 6.45) is 3.25. The summed E-state index contributed by atoms with van der Waals surface area (Å²) in [6.45, 7) is 1.35. The Labute approximate surface area is 104 Å². The summed E-state index contributed by atoms with van der Waals surface area (Å²) in [4.78, 5) is 19.3. The van der Waals surface area contributed by atoms with E-state index in [1.807, 2.05) is 0 Å². The lowest BCUT2D eigenvalue weighted by atomic mass is 10.1. The van der Waals surface area contributed by atoms with Gasteiger partial charge in [-0.05, 0) is 24.3 Å². The highest BCUT2D eigenvalue weighted by atomic mass is 16.5. The molecule has 0 aliphatic carbocycles. The van der Waals surface area contributed by atoms with Crippen LogP contribution in [0.15, 0.2) is 36.7 Å². The highest BCUT2D eigenvalue weighted by Crippen LogP contribution is 2.31. The minimum atomic E-state index is -0.391. The Kier molecular flexibility index (Phi) is 3.52. The summed E-state index contributed by atoms with van der Waals surface area (Å²) in [5.41, 5.74) is 0.616. The number of rotatable bonds is 3. The second-order valence-electron chi connectivity index (χ2n) is 3.53. The van der Waals surface area contributed by atoms with Crippen LogP contribution in [0.1, 0.15) is 6.92 Å². The van der Waals surface area contributed by atoms with Crippen molar-refractivity contribution in [3.05, 3.63) is 36.7 Å². The van der Waals surface area contributed by atoms with Crippen LogP contribution in [0.3, 0.4) is 0 Å². The van der Waals surface area contributed by atoms with Gasteiger partial charge >= 0.3 is 5.97 Å². The third-order valence-electron chi connectivity index (χ3n) is 2.25. The lowest BCUT2D eigenvalue weighted by Crippen LogP contribution is -2.03. The number of aromatic nitrogens is 2. The number of nitrogens with zero attached hydrogens (tertiary/aromatic N) is 2. The number of benzene rings is 1. The molecule has 0 atom stereocenters. The number of ether oxygens (including phenoxy) is 2. The second kappa shape index (κ2) is 5.27. The number of carbonyl (C=O) groups is 1. The van der Waals surface area contributed by atoms with Crippen molar-refractivity contribution in [2.24, 2.45) is 0 Å². The first-order valence-corrected chi connectivity index (χ1v) is 5.34. The Balaban J connectivity index is 2.51. The molecule has 2 aromatic rings. The molecular formula is C13H12N2O3. The predicted octanol–water partition coefficient (Wildman–Crippen LogP) is 2.08. The lowest BCUT2D eigenvalue weighted by molar-refractivity contribution is -0.131. The topological polar surface area (TPSA) is 61.3 Å². The molecule has 1 aromatic carbocycles. The fourth-order valence-electron chi connectivity index (χ4n) is 1.49. The predicted molar refractivity (Wildman–Crippen MR) is 65.3 cm³/mol. The van der Waals surface area contributed by atoms with Gasteiger partial charge in [0.1, 0.15) is 11.5 Å². The molecule has 0 unspecified atom stereocenters. The molecule has 0 aliphatic rings. The molecule has 92 valence electrons. The van der Waals surface area contributed by atoms with Crippen molar-refractivity contribution in [3.63, 3.8) is 0 Å². The largest absolute Gasteiger partial charge is 0.497 e. The number of carbonyl (C=O) groups excluding carboxylic acids is 1. The number of esters is 1. The molecule has 5 nitrogen and oxygen atoms in total. The summed E-state index contributed by atoms with van der Waals surface area (Å²) in [5.74, 6) is 1.15.